The number of amides is 1. The average Bonchev–Trinajstić information content (AvgIpc) is 3.20. The Kier molecular flexibility index (Phi) is 5.06. The number of alkyl halides is 5. The number of carbonyl (C=O) groups excluding carboxylic acids is 1. The van der Waals surface area contributed by atoms with E-state index < -0.39 is 36.2 Å². The van der Waals surface area contributed by atoms with Crippen LogP contribution >= 0.6 is 0 Å². The van der Waals surface area contributed by atoms with Gasteiger partial charge in [-0.1, -0.05) is 6.92 Å². The van der Waals surface area contributed by atoms with E-state index in [-0.39, 0.29) is 40.4 Å². The first-order valence-corrected chi connectivity index (χ1v) is 9.89. The van der Waals surface area contributed by atoms with Crippen LogP contribution in [0.5, 0.6) is 0 Å². The molecule has 3 aromatic heterocycles. The van der Waals surface area contributed by atoms with Gasteiger partial charge in [-0.05, 0) is 25.5 Å². The van der Waals surface area contributed by atoms with Gasteiger partial charge >= 0.3 is 12.1 Å². The molecule has 0 fully saturated rings. The molecule has 1 unspecified atom stereocenters. The van der Waals surface area contributed by atoms with Gasteiger partial charge in [-0.15, -0.1) is 0 Å². The largest absolute Gasteiger partial charge is 0.453 e. The number of pyridine rings is 1. The number of nitrogen functional groups attached to an aromatic ring is 1. The highest BCUT2D eigenvalue weighted by Crippen LogP contribution is 2.43. The van der Waals surface area contributed by atoms with E-state index in [0.717, 1.165) is 16.7 Å². The Balaban J connectivity index is 1.81. The van der Waals surface area contributed by atoms with E-state index in [4.69, 9.17) is 5.73 Å². The quantitative estimate of drug-likeness (QED) is 0.541. The molecule has 4 heterocycles. The monoisotopic (exact) mass is 472 g/mol. The minimum Gasteiger partial charge on any atom is -0.383 e. The normalized spacial score (nSPS) is 18.6. The molecule has 0 radical (unpaired) electrons. The summed E-state index contributed by atoms with van der Waals surface area (Å²) in [5.74, 6) is -6.22. The summed E-state index contributed by atoms with van der Waals surface area (Å²) in [4.78, 5) is 25.1. The van der Waals surface area contributed by atoms with Crippen molar-refractivity contribution in [2.75, 3.05) is 11.1 Å². The Morgan fingerprint density at radius 3 is 2.48 bits per heavy atom. The Labute approximate surface area is 183 Å². The average molecular weight is 472 g/mol. The van der Waals surface area contributed by atoms with Crippen molar-refractivity contribution in [3.8, 4) is 11.5 Å². The van der Waals surface area contributed by atoms with E-state index in [9.17, 15) is 31.1 Å². The zero-order valence-corrected chi connectivity index (χ0v) is 17.4. The van der Waals surface area contributed by atoms with E-state index in [1.807, 2.05) is 0 Å². The molecule has 0 saturated heterocycles. The number of aryl methyl sites for hydroxylation is 1. The molecule has 176 valence electrons. The summed E-state index contributed by atoms with van der Waals surface area (Å²) in [6.07, 6.45) is -6.77. The molecule has 1 amide bonds. The fraction of sp³-hybridized carbons (Fsp3) is 0.400. The van der Waals surface area contributed by atoms with Crippen LogP contribution in [0, 0.1) is 5.82 Å². The first-order valence-electron chi connectivity index (χ1n) is 9.89. The predicted molar refractivity (Wildman–Crippen MR) is 106 cm³/mol. The summed E-state index contributed by atoms with van der Waals surface area (Å²) in [5.41, 5.74) is 5.71. The maximum atomic E-state index is 13.8. The van der Waals surface area contributed by atoms with Gasteiger partial charge in [0.2, 0.25) is 5.91 Å². The number of nitrogens with one attached hydrogen (secondary N) is 1. The summed E-state index contributed by atoms with van der Waals surface area (Å²) in [7, 11) is 0. The third kappa shape index (κ3) is 3.55. The molecular weight excluding hydrogens is 454 g/mol. The molecule has 0 saturated carbocycles. The second-order valence-electron chi connectivity index (χ2n) is 7.98. The van der Waals surface area contributed by atoms with Crippen LogP contribution in [0.25, 0.3) is 17.0 Å². The molecule has 0 bridgehead atoms. The molecule has 7 nitrogen and oxygen atoms in total. The van der Waals surface area contributed by atoms with Crippen LogP contribution in [0.2, 0.25) is 0 Å². The number of fused-ring (bicyclic) bond motifs is 2. The topological polar surface area (TPSA) is 98.2 Å². The Morgan fingerprint density at radius 1 is 1.15 bits per heavy atom. The van der Waals surface area contributed by atoms with Crippen LogP contribution in [0.3, 0.4) is 0 Å². The van der Waals surface area contributed by atoms with E-state index in [2.05, 4.69) is 20.3 Å². The summed E-state index contributed by atoms with van der Waals surface area (Å²) >= 11 is 0. The molecule has 1 atom stereocenters. The van der Waals surface area contributed by atoms with Gasteiger partial charge in [-0.2, -0.15) is 22.0 Å². The zero-order chi connectivity index (χ0) is 24.3. The van der Waals surface area contributed by atoms with Gasteiger partial charge in [0.25, 0.3) is 0 Å². The highest BCUT2D eigenvalue weighted by molar-refractivity contribution is 6.06. The van der Waals surface area contributed by atoms with Gasteiger partial charge in [0.1, 0.15) is 29.0 Å². The summed E-state index contributed by atoms with van der Waals surface area (Å²) in [6.45, 7) is 3.48. The number of nitrogens with zero attached hydrogens (tertiary/aromatic N) is 4. The number of anilines is 2. The summed E-state index contributed by atoms with van der Waals surface area (Å²) in [6, 6.07) is 2.34. The molecule has 0 spiro atoms. The standard InChI is InChI=1S/C20H18F6N6O/c1-3-18(2)12-14(27)29-16(30-15(12)31-17(18)33)13-10-5-4-9(21)8-32(10)11(28-13)6-7-19(22,23)20(24,25)26/h4-5,8H,3,6-7H2,1-2H3,(H3,27,29,30,31,33). The Bertz CT molecular complexity index is 1270. The number of hydrogen-bond acceptors (Lipinski definition) is 5. The second kappa shape index (κ2) is 7.32. The zero-order valence-electron chi connectivity index (χ0n) is 17.4. The van der Waals surface area contributed by atoms with Crippen LogP contribution in [0.4, 0.5) is 38.0 Å². The van der Waals surface area contributed by atoms with Crippen molar-refractivity contribution >= 4 is 23.1 Å². The van der Waals surface area contributed by atoms with Crippen LogP contribution < -0.4 is 11.1 Å². The maximum absolute atomic E-state index is 13.8. The van der Waals surface area contributed by atoms with Crippen LogP contribution in [-0.2, 0) is 16.6 Å². The molecule has 3 N–H and O–H groups in total. The van der Waals surface area contributed by atoms with Crippen molar-refractivity contribution < 1.29 is 31.1 Å². The van der Waals surface area contributed by atoms with Crippen molar-refractivity contribution in [2.24, 2.45) is 0 Å². The lowest BCUT2D eigenvalue weighted by Gasteiger charge is -2.20. The van der Waals surface area contributed by atoms with Crippen LogP contribution in [0.15, 0.2) is 18.3 Å². The lowest BCUT2D eigenvalue weighted by molar-refractivity contribution is -0.284. The second-order valence-corrected chi connectivity index (χ2v) is 7.98. The highest BCUT2D eigenvalue weighted by Gasteiger charge is 2.56. The Hall–Kier alpha value is -3.38. The number of hydrogen-bond donors (Lipinski definition) is 2. The van der Waals surface area contributed by atoms with Gasteiger partial charge < -0.3 is 15.5 Å². The lowest BCUT2D eigenvalue weighted by Crippen LogP contribution is -2.36. The van der Waals surface area contributed by atoms with Crippen molar-refractivity contribution in [3.63, 3.8) is 0 Å². The molecule has 3 aromatic rings. The van der Waals surface area contributed by atoms with Crippen molar-refractivity contribution in [1.29, 1.82) is 0 Å². The molecule has 13 heteroatoms. The maximum Gasteiger partial charge on any atom is 0.453 e. The molecule has 1 aliphatic heterocycles. The number of rotatable bonds is 5. The summed E-state index contributed by atoms with van der Waals surface area (Å²) < 4.78 is 79.5. The number of halogens is 6. The first kappa shape index (κ1) is 22.8. The summed E-state index contributed by atoms with van der Waals surface area (Å²) in [5, 5.41) is 2.63. The molecule has 0 aliphatic carbocycles. The lowest BCUT2D eigenvalue weighted by atomic mass is 9.82. The van der Waals surface area contributed by atoms with Gasteiger partial charge in [0.15, 0.2) is 5.82 Å². The molecule has 33 heavy (non-hydrogen) atoms. The SMILES string of the molecule is CCC1(C)C(=O)Nc2nc(-c3nc(CCC(F)(F)C(F)(F)F)n4cc(F)ccc34)nc(N)c21. The van der Waals surface area contributed by atoms with Crippen molar-refractivity contribution in [1.82, 2.24) is 19.4 Å². The van der Waals surface area contributed by atoms with Crippen molar-refractivity contribution in [2.45, 2.75) is 50.6 Å². The Morgan fingerprint density at radius 2 is 1.85 bits per heavy atom. The fourth-order valence-electron chi connectivity index (χ4n) is 3.79. The molecular formula is C20H18F6N6O. The fourth-order valence-corrected chi connectivity index (χ4v) is 3.79. The van der Waals surface area contributed by atoms with Crippen LogP contribution in [0.1, 0.15) is 38.1 Å². The number of aromatic nitrogens is 4. The minimum atomic E-state index is -5.73. The van der Waals surface area contributed by atoms with Gasteiger partial charge in [-0.25, -0.2) is 19.3 Å². The number of imidazole rings is 1. The molecule has 4 rings (SSSR count). The van der Waals surface area contributed by atoms with Crippen molar-refractivity contribution in [3.05, 3.63) is 35.5 Å². The van der Waals surface area contributed by atoms with Crippen LogP contribution in [-0.4, -0.2) is 37.4 Å². The predicted octanol–water partition coefficient (Wildman–Crippen LogP) is 4.26. The minimum absolute atomic E-state index is 0.00539. The highest BCUT2D eigenvalue weighted by atomic mass is 19.4. The molecule has 1 aliphatic rings. The van der Waals surface area contributed by atoms with E-state index >= 15 is 0 Å². The van der Waals surface area contributed by atoms with E-state index in [1.54, 1.807) is 13.8 Å². The number of nitrogens with two attached hydrogens (primary N) is 1. The van der Waals surface area contributed by atoms with E-state index in [0.29, 0.717) is 12.0 Å². The van der Waals surface area contributed by atoms with Gasteiger partial charge in [0.05, 0.1) is 16.5 Å². The van der Waals surface area contributed by atoms with Gasteiger partial charge in [0, 0.05) is 19.0 Å². The molecule has 0 aromatic carbocycles. The van der Waals surface area contributed by atoms with E-state index in [1.165, 1.54) is 6.07 Å². The number of carbonyl (C=O) groups is 1. The smallest absolute Gasteiger partial charge is 0.383 e. The third-order valence-corrected chi connectivity index (χ3v) is 5.89. The van der Waals surface area contributed by atoms with Gasteiger partial charge in [-0.3, -0.25) is 4.79 Å². The third-order valence-electron chi connectivity index (χ3n) is 5.89. The first-order chi connectivity index (χ1) is 15.3.